The molecule has 158 valence electrons. The number of alkyl halides is 3. The second-order valence-corrected chi connectivity index (χ2v) is 7.72. The van der Waals surface area contributed by atoms with Crippen molar-refractivity contribution in [2.45, 2.75) is 39.9 Å². The van der Waals surface area contributed by atoms with Gasteiger partial charge in [0.2, 0.25) is 5.91 Å². The van der Waals surface area contributed by atoms with Crippen LogP contribution >= 0.6 is 11.6 Å². The van der Waals surface area contributed by atoms with E-state index in [0.29, 0.717) is 0 Å². The van der Waals surface area contributed by atoms with Gasteiger partial charge < -0.3 is 9.88 Å². The summed E-state index contributed by atoms with van der Waals surface area (Å²) in [5.74, 6) is -0.645. The summed E-state index contributed by atoms with van der Waals surface area (Å²) >= 11 is 5.79. The lowest BCUT2D eigenvalue weighted by molar-refractivity contribution is -0.137. The van der Waals surface area contributed by atoms with E-state index in [9.17, 15) is 22.8 Å². The van der Waals surface area contributed by atoms with E-state index in [2.05, 4.69) is 5.32 Å². The normalized spacial score (nSPS) is 11.7. The molecule has 0 aliphatic rings. The molecule has 2 aromatic carbocycles. The zero-order valence-corrected chi connectivity index (χ0v) is 17.4. The highest BCUT2D eigenvalue weighted by atomic mass is 35.5. The zero-order chi connectivity index (χ0) is 22.2. The van der Waals surface area contributed by atoms with Crippen molar-refractivity contribution in [1.29, 1.82) is 0 Å². The largest absolute Gasteiger partial charge is 0.418 e. The van der Waals surface area contributed by atoms with Gasteiger partial charge in [0, 0.05) is 29.4 Å². The molecule has 0 atom stereocenters. The van der Waals surface area contributed by atoms with E-state index in [4.69, 9.17) is 11.6 Å². The number of halogens is 4. The third kappa shape index (κ3) is 4.51. The van der Waals surface area contributed by atoms with Crippen LogP contribution in [0.2, 0.25) is 5.02 Å². The number of rotatable bonds is 4. The minimum atomic E-state index is -4.63. The van der Waals surface area contributed by atoms with Gasteiger partial charge in [0.15, 0.2) is 0 Å². The summed E-state index contributed by atoms with van der Waals surface area (Å²) in [6.07, 6.45) is -4.80. The molecule has 0 fully saturated rings. The highest BCUT2D eigenvalue weighted by Gasteiger charge is 2.34. The molecule has 0 aliphatic carbocycles. The summed E-state index contributed by atoms with van der Waals surface area (Å²) in [4.78, 5) is 24.9. The SMILES string of the molecule is Cc1cc(C)c2c(c1)c(C)cc(=O)n2CCC(=O)Nc1cc(Cl)ccc1C(F)(F)F. The molecule has 1 aromatic heterocycles. The lowest BCUT2D eigenvalue weighted by Crippen LogP contribution is -2.24. The number of fused-ring (bicyclic) bond motifs is 1. The van der Waals surface area contributed by atoms with Crippen LogP contribution in [0.5, 0.6) is 0 Å². The molecule has 0 radical (unpaired) electrons. The monoisotopic (exact) mass is 436 g/mol. The Balaban J connectivity index is 1.89. The number of carbonyl (C=O) groups is 1. The smallest absolute Gasteiger partial charge is 0.325 e. The van der Waals surface area contributed by atoms with Crippen molar-refractivity contribution in [3.63, 3.8) is 0 Å². The average Bonchev–Trinajstić information content (AvgIpc) is 2.61. The Labute approximate surface area is 176 Å². The van der Waals surface area contributed by atoms with E-state index in [0.717, 1.165) is 45.8 Å². The van der Waals surface area contributed by atoms with E-state index in [1.54, 1.807) is 0 Å². The summed E-state index contributed by atoms with van der Waals surface area (Å²) in [5, 5.41) is 3.25. The Morgan fingerprint density at radius 2 is 1.77 bits per heavy atom. The molecule has 0 unspecified atom stereocenters. The first-order valence-electron chi connectivity index (χ1n) is 9.25. The molecule has 30 heavy (non-hydrogen) atoms. The Morgan fingerprint density at radius 1 is 1.07 bits per heavy atom. The number of aromatic nitrogens is 1. The number of nitrogens with one attached hydrogen (secondary N) is 1. The quantitative estimate of drug-likeness (QED) is 0.576. The number of hydrogen-bond donors (Lipinski definition) is 1. The van der Waals surface area contributed by atoms with Gasteiger partial charge >= 0.3 is 6.18 Å². The van der Waals surface area contributed by atoms with Gasteiger partial charge in [-0.25, -0.2) is 0 Å². The lowest BCUT2D eigenvalue weighted by atomic mass is 10.0. The number of carbonyl (C=O) groups excluding carboxylic acids is 1. The van der Waals surface area contributed by atoms with Gasteiger partial charge in [-0.2, -0.15) is 13.2 Å². The third-order valence-electron chi connectivity index (χ3n) is 4.87. The molecule has 1 heterocycles. The van der Waals surface area contributed by atoms with Gasteiger partial charge in [-0.3, -0.25) is 9.59 Å². The number of anilines is 1. The van der Waals surface area contributed by atoms with Gasteiger partial charge in [-0.15, -0.1) is 0 Å². The molecule has 3 aromatic rings. The van der Waals surface area contributed by atoms with Crippen LogP contribution < -0.4 is 10.9 Å². The van der Waals surface area contributed by atoms with Crippen molar-refractivity contribution in [3.05, 3.63) is 74.0 Å². The van der Waals surface area contributed by atoms with Gasteiger partial charge in [0.1, 0.15) is 0 Å². The fourth-order valence-electron chi connectivity index (χ4n) is 3.59. The van der Waals surface area contributed by atoms with Crippen LogP contribution in [0, 0.1) is 20.8 Å². The first-order valence-corrected chi connectivity index (χ1v) is 9.63. The predicted molar refractivity (Wildman–Crippen MR) is 112 cm³/mol. The molecule has 0 bridgehead atoms. The maximum absolute atomic E-state index is 13.2. The highest BCUT2D eigenvalue weighted by molar-refractivity contribution is 6.31. The van der Waals surface area contributed by atoms with Crippen molar-refractivity contribution in [3.8, 4) is 0 Å². The molecular weight excluding hydrogens is 417 g/mol. The summed E-state index contributed by atoms with van der Waals surface area (Å²) < 4.78 is 41.0. The van der Waals surface area contributed by atoms with Crippen LogP contribution in [0.1, 0.15) is 28.7 Å². The van der Waals surface area contributed by atoms with Crippen molar-refractivity contribution in [2.75, 3.05) is 5.32 Å². The van der Waals surface area contributed by atoms with Crippen LogP contribution in [0.25, 0.3) is 10.9 Å². The topological polar surface area (TPSA) is 51.1 Å². The number of aryl methyl sites for hydroxylation is 4. The van der Waals surface area contributed by atoms with E-state index in [1.165, 1.54) is 10.6 Å². The van der Waals surface area contributed by atoms with E-state index in [1.807, 2.05) is 32.9 Å². The molecule has 0 saturated carbocycles. The molecule has 4 nitrogen and oxygen atoms in total. The fraction of sp³-hybridized carbons (Fsp3) is 0.273. The summed E-state index contributed by atoms with van der Waals surface area (Å²) in [6, 6.07) is 8.40. The predicted octanol–water partition coefficient (Wildman–Crippen LogP) is 5.63. The Hall–Kier alpha value is -2.80. The minimum Gasteiger partial charge on any atom is -0.325 e. The maximum Gasteiger partial charge on any atom is 0.418 e. The zero-order valence-electron chi connectivity index (χ0n) is 16.7. The molecule has 0 aliphatic heterocycles. The minimum absolute atomic E-state index is 0.0350. The number of pyridine rings is 1. The van der Waals surface area contributed by atoms with Crippen molar-refractivity contribution in [2.24, 2.45) is 0 Å². The van der Waals surface area contributed by atoms with Crippen molar-refractivity contribution >= 4 is 34.1 Å². The van der Waals surface area contributed by atoms with E-state index in [-0.39, 0.29) is 23.5 Å². The van der Waals surface area contributed by atoms with Crippen molar-refractivity contribution in [1.82, 2.24) is 4.57 Å². The second-order valence-electron chi connectivity index (χ2n) is 7.28. The van der Waals surface area contributed by atoms with Gasteiger partial charge in [-0.1, -0.05) is 23.2 Å². The maximum atomic E-state index is 13.2. The van der Waals surface area contributed by atoms with Crippen LogP contribution in [-0.2, 0) is 17.5 Å². The molecule has 8 heteroatoms. The van der Waals surface area contributed by atoms with E-state index < -0.39 is 23.3 Å². The molecule has 1 N–H and O–H groups in total. The van der Waals surface area contributed by atoms with Gasteiger partial charge in [0.05, 0.1) is 16.8 Å². The van der Waals surface area contributed by atoms with Crippen LogP contribution in [-0.4, -0.2) is 10.5 Å². The Morgan fingerprint density at radius 3 is 2.43 bits per heavy atom. The molecular formula is C22H20ClF3N2O2. The van der Waals surface area contributed by atoms with Crippen LogP contribution in [0.4, 0.5) is 18.9 Å². The first kappa shape index (κ1) is 21.9. The molecule has 1 amide bonds. The fourth-order valence-corrected chi connectivity index (χ4v) is 3.76. The average molecular weight is 437 g/mol. The number of nitrogens with zero attached hydrogens (tertiary/aromatic N) is 1. The standard InChI is InChI=1S/C22H20ClF3N2O2/c1-12-8-14(3)21-16(9-12)13(2)10-20(30)28(21)7-6-19(29)27-18-11-15(23)4-5-17(18)22(24,25)26/h4-5,8-11H,6-7H2,1-3H3,(H,27,29). The summed E-state index contributed by atoms with van der Waals surface area (Å²) in [6.45, 7) is 5.72. The number of benzene rings is 2. The number of hydrogen-bond acceptors (Lipinski definition) is 2. The van der Waals surface area contributed by atoms with E-state index >= 15 is 0 Å². The molecule has 3 rings (SSSR count). The van der Waals surface area contributed by atoms with Gasteiger partial charge in [-0.05, 0) is 56.2 Å². The highest BCUT2D eigenvalue weighted by Crippen LogP contribution is 2.36. The van der Waals surface area contributed by atoms with Crippen LogP contribution in [0.3, 0.4) is 0 Å². The van der Waals surface area contributed by atoms with Crippen molar-refractivity contribution < 1.29 is 18.0 Å². The molecule has 0 spiro atoms. The molecule has 0 saturated heterocycles. The third-order valence-corrected chi connectivity index (χ3v) is 5.10. The van der Waals surface area contributed by atoms with Gasteiger partial charge in [0.25, 0.3) is 5.56 Å². The Bertz CT molecular complexity index is 1200. The van der Waals surface area contributed by atoms with Crippen LogP contribution in [0.15, 0.2) is 41.2 Å². The second kappa shape index (κ2) is 8.14. The summed E-state index contributed by atoms with van der Waals surface area (Å²) in [7, 11) is 0. The first-order chi connectivity index (χ1) is 14.0. The lowest BCUT2D eigenvalue weighted by Gasteiger charge is -2.16. The Kier molecular flexibility index (Phi) is 5.94. The number of amides is 1. The summed E-state index contributed by atoms with van der Waals surface area (Å²) in [5.41, 5.74) is 1.83.